The van der Waals surface area contributed by atoms with Gasteiger partial charge in [0.25, 0.3) is 0 Å². The number of nitrogens with one attached hydrogen (secondary N) is 1. The zero-order valence-electron chi connectivity index (χ0n) is 8.95. The summed E-state index contributed by atoms with van der Waals surface area (Å²) in [7, 11) is 0. The van der Waals surface area contributed by atoms with E-state index in [0.29, 0.717) is 32.3 Å². The smallest absolute Gasteiger partial charge is 0.317 e. The lowest BCUT2D eigenvalue weighted by molar-refractivity contribution is 0.0524. The molecule has 1 aliphatic heterocycles. The average molecular weight is 210 g/mol. The van der Waals surface area contributed by atoms with Crippen LogP contribution in [-0.4, -0.2) is 43.3 Å². The summed E-state index contributed by atoms with van der Waals surface area (Å²) in [6, 6.07) is 0.393. The maximum absolute atomic E-state index is 11.8. The van der Waals surface area contributed by atoms with E-state index >= 15 is 0 Å². The van der Waals surface area contributed by atoms with E-state index in [9.17, 15) is 4.79 Å². The van der Waals surface area contributed by atoms with Gasteiger partial charge in [0.2, 0.25) is 0 Å². The van der Waals surface area contributed by atoms with Gasteiger partial charge in [-0.3, -0.25) is 0 Å². The number of amides is 2. The standard InChI is InChI=1S/C11H18N2O2/c14-11(13-6-8-15-9-7-13)12-10-4-2-1-3-5-10/h1-2,10H,3-9H2,(H,12,14). The molecule has 4 heteroatoms. The molecule has 0 aromatic rings. The average Bonchev–Trinajstić information content (AvgIpc) is 2.31. The van der Waals surface area contributed by atoms with Crippen LogP contribution in [0, 0.1) is 0 Å². The maximum Gasteiger partial charge on any atom is 0.317 e. The molecule has 0 aromatic heterocycles. The quantitative estimate of drug-likeness (QED) is 0.659. The highest BCUT2D eigenvalue weighted by Gasteiger charge is 2.19. The normalized spacial score (nSPS) is 26.4. The van der Waals surface area contributed by atoms with E-state index < -0.39 is 0 Å². The molecule has 2 amide bonds. The number of nitrogens with zero attached hydrogens (tertiary/aromatic N) is 1. The van der Waals surface area contributed by atoms with Gasteiger partial charge in [0.05, 0.1) is 13.2 Å². The fourth-order valence-electron chi connectivity index (χ4n) is 1.96. The Labute approximate surface area is 90.3 Å². The summed E-state index contributed by atoms with van der Waals surface area (Å²) < 4.78 is 5.21. The van der Waals surface area contributed by atoms with Gasteiger partial charge in [0.1, 0.15) is 0 Å². The molecular formula is C11H18N2O2. The van der Waals surface area contributed by atoms with E-state index in [-0.39, 0.29) is 6.03 Å². The molecule has 1 saturated heterocycles. The van der Waals surface area contributed by atoms with Crippen molar-refractivity contribution < 1.29 is 9.53 Å². The first-order chi connectivity index (χ1) is 7.36. The zero-order valence-corrected chi connectivity index (χ0v) is 8.95. The summed E-state index contributed by atoms with van der Waals surface area (Å²) in [5.41, 5.74) is 0. The fourth-order valence-corrected chi connectivity index (χ4v) is 1.96. The monoisotopic (exact) mass is 210 g/mol. The van der Waals surface area contributed by atoms with Crippen LogP contribution in [0.3, 0.4) is 0 Å². The molecule has 0 bridgehead atoms. The lowest BCUT2D eigenvalue weighted by Crippen LogP contribution is -2.49. The molecule has 1 heterocycles. The number of urea groups is 1. The van der Waals surface area contributed by atoms with Gasteiger partial charge in [0.15, 0.2) is 0 Å². The van der Waals surface area contributed by atoms with Crippen LogP contribution in [0.5, 0.6) is 0 Å². The number of carbonyl (C=O) groups excluding carboxylic acids is 1. The van der Waals surface area contributed by atoms with Crippen LogP contribution in [0.4, 0.5) is 4.79 Å². The van der Waals surface area contributed by atoms with Crippen LogP contribution in [0.25, 0.3) is 0 Å². The van der Waals surface area contributed by atoms with Gasteiger partial charge in [-0.15, -0.1) is 0 Å². The van der Waals surface area contributed by atoms with E-state index in [1.165, 1.54) is 0 Å². The molecule has 2 rings (SSSR count). The Balaban J connectivity index is 1.77. The number of hydrogen-bond acceptors (Lipinski definition) is 2. The molecular weight excluding hydrogens is 192 g/mol. The first kappa shape index (κ1) is 10.5. The molecule has 2 aliphatic rings. The van der Waals surface area contributed by atoms with Gasteiger partial charge in [-0.2, -0.15) is 0 Å². The molecule has 1 aliphatic carbocycles. The molecule has 0 aromatic carbocycles. The molecule has 0 spiro atoms. The Hall–Kier alpha value is -1.03. The molecule has 1 N–H and O–H groups in total. The van der Waals surface area contributed by atoms with E-state index in [0.717, 1.165) is 19.3 Å². The SMILES string of the molecule is O=C(NC1CC=CCC1)N1CCOCC1. The van der Waals surface area contributed by atoms with E-state index in [1.807, 2.05) is 4.90 Å². The summed E-state index contributed by atoms with van der Waals surface area (Å²) in [5, 5.41) is 3.07. The fraction of sp³-hybridized carbons (Fsp3) is 0.727. The molecule has 1 unspecified atom stereocenters. The van der Waals surface area contributed by atoms with E-state index in [1.54, 1.807) is 0 Å². The van der Waals surface area contributed by atoms with E-state index in [4.69, 9.17) is 4.74 Å². The minimum Gasteiger partial charge on any atom is -0.378 e. The van der Waals surface area contributed by atoms with Gasteiger partial charge >= 0.3 is 6.03 Å². The second-order valence-corrected chi connectivity index (χ2v) is 4.03. The largest absolute Gasteiger partial charge is 0.378 e. The van der Waals surface area contributed by atoms with Crippen LogP contribution in [-0.2, 0) is 4.74 Å². The number of allylic oxidation sites excluding steroid dienone is 1. The number of ether oxygens (including phenoxy) is 1. The minimum absolute atomic E-state index is 0.0681. The molecule has 15 heavy (non-hydrogen) atoms. The first-order valence-electron chi connectivity index (χ1n) is 5.64. The second kappa shape index (κ2) is 5.16. The lowest BCUT2D eigenvalue weighted by atomic mass is 10.0. The van der Waals surface area contributed by atoms with Crippen molar-refractivity contribution >= 4 is 6.03 Å². The highest BCUT2D eigenvalue weighted by Crippen LogP contribution is 2.11. The molecule has 1 atom stereocenters. The zero-order chi connectivity index (χ0) is 10.5. The predicted octanol–water partition coefficient (Wildman–Crippen LogP) is 1.14. The van der Waals surface area contributed by atoms with Crippen molar-refractivity contribution in [3.05, 3.63) is 12.2 Å². The number of rotatable bonds is 1. The van der Waals surface area contributed by atoms with Gasteiger partial charge in [-0.05, 0) is 19.3 Å². The first-order valence-corrected chi connectivity index (χ1v) is 5.64. The highest BCUT2D eigenvalue weighted by molar-refractivity contribution is 5.74. The van der Waals surface area contributed by atoms with Crippen LogP contribution in [0.15, 0.2) is 12.2 Å². The van der Waals surface area contributed by atoms with Crippen molar-refractivity contribution in [1.29, 1.82) is 0 Å². The third kappa shape index (κ3) is 2.96. The molecule has 84 valence electrons. The predicted molar refractivity (Wildman–Crippen MR) is 57.7 cm³/mol. The third-order valence-corrected chi connectivity index (χ3v) is 2.89. The number of carbonyl (C=O) groups is 1. The number of hydrogen-bond donors (Lipinski definition) is 1. The molecule has 0 saturated carbocycles. The highest BCUT2D eigenvalue weighted by atomic mass is 16.5. The van der Waals surface area contributed by atoms with Crippen molar-refractivity contribution in [2.75, 3.05) is 26.3 Å². The van der Waals surface area contributed by atoms with Crippen molar-refractivity contribution in [3.8, 4) is 0 Å². The summed E-state index contributed by atoms with van der Waals surface area (Å²) in [5.74, 6) is 0. The van der Waals surface area contributed by atoms with Gasteiger partial charge in [-0.1, -0.05) is 12.2 Å². The summed E-state index contributed by atoms with van der Waals surface area (Å²) in [6.07, 6.45) is 7.43. The van der Waals surface area contributed by atoms with Gasteiger partial charge in [0, 0.05) is 19.1 Å². The van der Waals surface area contributed by atoms with Crippen LogP contribution in [0.1, 0.15) is 19.3 Å². The molecule has 4 nitrogen and oxygen atoms in total. The molecule has 0 radical (unpaired) electrons. The van der Waals surface area contributed by atoms with Crippen LogP contribution < -0.4 is 5.32 Å². The Morgan fingerprint density at radius 2 is 2.13 bits per heavy atom. The van der Waals surface area contributed by atoms with Gasteiger partial charge in [-0.25, -0.2) is 4.79 Å². The molecule has 1 fully saturated rings. The summed E-state index contributed by atoms with van der Waals surface area (Å²) >= 11 is 0. The van der Waals surface area contributed by atoms with Crippen molar-refractivity contribution in [2.24, 2.45) is 0 Å². The van der Waals surface area contributed by atoms with Crippen LogP contribution in [0.2, 0.25) is 0 Å². The Kier molecular flexibility index (Phi) is 3.61. The van der Waals surface area contributed by atoms with Gasteiger partial charge < -0.3 is 15.0 Å². The Morgan fingerprint density at radius 1 is 1.33 bits per heavy atom. The van der Waals surface area contributed by atoms with E-state index in [2.05, 4.69) is 17.5 Å². The Bertz CT molecular complexity index is 247. The van der Waals surface area contributed by atoms with Crippen molar-refractivity contribution in [1.82, 2.24) is 10.2 Å². The summed E-state index contributed by atoms with van der Waals surface area (Å²) in [6.45, 7) is 2.76. The number of morpholine rings is 1. The Morgan fingerprint density at radius 3 is 2.80 bits per heavy atom. The minimum atomic E-state index is 0.0681. The lowest BCUT2D eigenvalue weighted by Gasteiger charge is -2.29. The second-order valence-electron chi connectivity index (χ2n) is 4.03. The van der Waals surface area contributed by atoms with Crippen molar-refractivity contribution in [2.45, 2.75) is 25.3 Å². The maximum atomic E-state index is 11.8. The topological polar surface area (TPSA) is 41.6 Å². The van der Waals surface area contributed by atoms with Crippen molar-refractivity contribution in [3.63, 3.8) is 0 Å². The third-order valence-electron chi connectivity index (χ3n) is 2.89. The summed E-state index contributed by atoms with van der Waals surface area (Å²) in [4.78, 5) is 13.6. The van der Waals surface area contributed by atoms with Crippen LogP contribution >= 0.6 is 0 Å².